The Morgan fingerprint density at radius 1 is 1.42 bits per heavy atom. The minimum Gasteiger partial charge on any atom is -0.491 e. The van der Waals surface area contributed by atoms with E-state index < -0.39 is 0 Å². The highest BCUT2D eigenvalue weighted by Crippen LogP contribution is 2.57. The summed E-state index contributed by atoms with van der Waals surface area (Å²) in [6.45, 7) is 5.58. The van der Waals surface area contributed by atoms with Crippen LogP contribution in [0, 0.1) is 11.3 Å². The first-order chi connectivity index (χ1) is 11.5. The third-order valence-electron chi connectivity index (χ3n) is 5.36. The number of hydrogen-bond acceptors (Lipinski definition) is 3. The molecule has 0 spiro atoms. The van der Waals surface area contributed by atoms with E-state index in [1.54, 1.807) is 18.2 Å². The van der Waals surface area contributed by atoms with Gasteiger partial charge in [-0.3, -0.25) is 9.59 Å². The van der Waals surface area contributed by atoms with Crippen molar-refractivity contribution < 1.29 is 14.3 Å². The molecule has 5 heteroatoms. The van der Waals surface area contributed by atoms with Crippen LogP contribution in [0.15, 0.2) is 18.2 Å². The molecule has 1 aromatic rings. The van der Waals surface area contributed by atoms with Crippen molar-refractivity contribution in [3.05, 3.63) is 23.8 Å². The smallest absolute Gasteiger partial charge is 0.251 e. The average molecular weight is 330 g/mol. The van der Waals surface area contributed by atoms with Crippen LogP contribution in [0.3, 0.4) is 0 Å². The number of rotatable bonds is 6. The Morgan fingerprint density at radius 3 is 2.92 bits per heavy atom. The number of fused-ring (bicyclic) bond motifs is 1. The zero-order chi connectivity index (χ0) is 17.2. The van der Waals surface area contributed by atoms with Gasteiger partial charge in [0.25, 0.3) is 5.91 Å². The van der Waals surface area contributed by atoms with Crippen LogP contribution in [0.2, 0.25) is 0 Å². The van der Waals surface area contributed by atoms with E-state index in [2.05, 4.69) is 24.5 Å². The average Bonchev–Trinajstić information content (AvgIpc) is 3.22. The van der Waals surface area contributed by atoms with Crippen LogP contribution in [0.25, 0.3) is 0 Å². The summed E-state index contributed by atoms with van der Waals surface area (Å²) in [6, 6.07) is 5.18. The third-order valence-corrected chi connectivity index (χ3v) is 5.36. The van der Waals surface area contributed by atoms with Crippen LogP contribution in [0.1, 0.15) is 56.3 Å². The molecule has 2 amide bonds. The van der Waals surface area contributed by atoms with Gasteiger partial charge in [-0.25, -0.2) is 0 Å². The summed E-state index contributed by atoms with van der Waals surface area (Å²) < 4.78 is 5.51. The monoisotopic (exact) mass is 330 g/mol. The lowest BCUT2D eigenvalue weighted by Crippen LogP contribution is -2.26. The highest BCUT2D eigenvalue weighted by atomic mass is 16.5. The van der Waals surface area contributed by atoms with E-state index >= 15 is 0 Å². The van der Waals surface area contributed by atoms with Crippen LogP contribution < -0.4 is 15.4 Å². The molecular weight excluding hydrogens is 304 g/mol. The van der Waals surface area contributed by atoms with E-state index in [9.17, 15) is 9.59 Å². The zero-order valence-electron chi connectivity index (χ0n) is 14.5. The molecule has 130 valence electrons. The minimum absolute atomic E-state index is 0.0875. The summed E-state index contributed by atoms with van der Waals surface area (Å²) in [6.07, 6.45) is 5.08. The number of hydrogen-bond donors (Lipinski definition) is 2. The van der Waals surface area contributed by atoms with Crippen molar-refractivity contribution in [2.75, 3.05) is 18.5 Å². The van der Waals surface area contributed by atoms with Crippen molar-refractivity contribution >= 4 is 17.5 Å². The van der Waals surface area contributed by atoms with Gasteiger partial charge in [0.15, 0.2) is 0 Å². The molecule has 1 fully saturated rings. The van der Waals surface area contributed by atoms with Gasteiger partial charge >= 0.3 is 0 Å². The van der Waals surface area contributed by atoms with Crippen LogP contribution in [0.5, 0.6) is 5.75 Å². The van der Waals surface area contributed by atoms with E-state index in [0.29, 0.717) is 42.0 Å². The molecule has 0 bridgehead atoms. The second-order valence-corrected chi connectivity index (χ2v) is 7.08. The van der Waals surface area contributed by atoms with Gasteiger partial charge < -0.3 is 15.4 Å². The molecule has 2 N–H and O–H groups in total. The first-order valence-electron chi connectivity index (χ1n) is 8.89. The number of carbonyl (C=O) groups is 2. The van der Waals surface area contributed by atoms with Gasteiger partial charge in [0.2, 0.25) is 5.91 Å². The summed E-state index contributed by atoms with van der Waals surface area (Å²) in [5.74, 6) is 1.20. The van der Waals surface area contributed by atoms with Gasteiger partial charge in [0, 0.05) is 12.1 Å². The lowest BCUT2D eigenvalue weighted by Gasteiger charge is -2.16. The molecule has 24 heavy (non-hydrogen) atoms. The molecule has 5 nitrogen and oxygen atoms in total. The Morgan fingerprint density at radius 2 is 2.21 bits per heavy atom. The third kappa shape index (κ3) is 3.55. The summed E-state index contributed by atoms with van der Waals surface area (Å²) in [5.41, 5.74) is 1.56. The Labute approximate surface area is 143 Å². The second-order valence-electron chi connectivity index (χ2n) is 7.08. The van der Waals surface area contributed by atoms with Crippen molar-refractivity contribution in [1.29, 1.82) is 0 Å². The zero-order valence-corrected chi connectivity index (χ0v) is 14.5. The highest BCUT2D eigenvalue weighted by molar-refractivity contribution is 5.98. The van der Waals surface area contributed by atoms with E-state index in [-0.39, 0.29) is 11.8 Å². The van der Waals surface area contributed by atoms with E-state index in [0.717, 1.165) is 12.3 Å². The first-order valence-corrected chi connectivity index (χ1v) is 8.89. The standard InChI is InChI=1S/C19H26N2O3/c1-3-7-19(12-13(19)2)8-9-20-18(23)14-4-5-16-15(11-14)21-17(22)6-10-24-16/h4-5,11,13H,3,6-10,12H2,1-2H3,(H,20,23)(H,21,22). The summed E-state index contributed by atoms with van der Waals surface area (Å²) in [7, 11) is 0. The maximum atomic E-state index is 12.4. The van der Waals surface area contributed by atoms with Crippen molar-refractivity contribution in [1.82, 2.24) is 5.32 Å². The van der Waals surface area contributed by atoms with E-state index in [1.165, 1.54) is 19.3 Å². The lowest BCUT2D eigenvalue weighted by atomic mass is 9.94. The van der Waals surface area contributed by atoms with Gasteiger partial charge in [-0.15, -0.1) is 0 Å². The van der Waals surface area contributed by atoms with E-state index in [1.807, 2.05) is 0 Å². The number of ether oxygens (including phenoxy) is 1. The van der Waals surface area contributed by atoms with Crippen molar-refractivity contribution in [3.8, 4) is 5.75 Å². The fourth-order valence-corrected chi connectivity index (χ4v) is 3.76. The summed E-state index contributed by atoms with van der Waals surface area (Å²) >= 11 is 0. The van der Waals surface area contributed by atoms with E-state index in [4.69, 9.17) is 4.74 Å². The first kappa shape index (κ1) is 16.8. The maximum absolute atomic E-state index is 12.4. The van der Waals surface area contributed by atoms with Crippen LogP contribution >= 0.6 is 0 Å². The molecule has 1 heterocycles. The van der Waals surface area contributed by atoms with Crippen LogP contribution in [-0.4, -0.2) is 25.0 Å². The van der Waals surface area contributed by atoms with Gasteiger partial charge in [0.1, 0.15) is 5.75 Å². The molecule has 1 aliphatic heterocycles. The molecule has 0 radical (unpaired) electrons. The minimum atomic E-state index is -0.101. The molecule has 1 aromatic carbocycles. The summed E-state index contributed by atoms with van der Waals surface area (Å²) in [4.78, 5) is 24.0. The van der Waals surface area contributed by atoms with Gasteiger partial charge in [-0.05, 0) is 48.8 Å². The molecule has 2 unspecified atom stereocenters. The number of carbonyl (C=O) groups excluding carboxylic acids is 2. The number of amides is 2. The molecule has 2 aliphatic rings. The molecule has 2 atom stereocenters. The SMILES string of the molecule is CCCC1(CCNC(=O)c2ccc3c(c2)NC(=O)CCO3)CC1C. The molecule has 1 saturated carbocycles. The number of nitrogens with one attached hydrogen (secondary N) is 2. The molecule has 0 saturated heterocycles. The Kier molecular flexibility index (Phi) is 4.78. The van der Waals surface area contributed by atoms with Crippen LogP contribution in [-0.2, 0) is 4.79 Å². The van der Waals surface area contributed by atoms with Gasteiger partial charge in [0.05, 0.1) is 18.7 Å². The van der Waals surface area contributed by atoms with Crippen molar-refractivity contribution in [2.24, 2.45) is 11.3 Å². The van der Waals surface area contributed by atoms with Crippen molar-refractivity contribution in [3.63, 3.8) is 0 Å². The second kappa shape index (κ2) is 6.83. The largest absolute Gasteiger partial charge is 0.491 e. The fourth-order valence-electron chi connectivity index (χ4n) is 3.76. The highest BCUT2D eigenvalue weighted by Gasteiger charge is 2.49. The number of anilines is 1. The van der Waals surface area contributed by atoms with Crippen LogP contribution in [0.4, 0.5) is 5.69 Å². The predicted octanol–water partition coefficient (Wildman–Crippen LogP) is 3.35. The normalized spacial score (nSPS) is 25.1. The molecule has 3 rings (SSSR count). The van der Waals surface area contributed by atoms with Crippen molar-refractivity contribution in [2.45, 2.75) is 46.0 Å². The van der Waals surface area contributed by atoms with Gasteiger partial charge in [-0.1, -0.05) is 20.3 Å². The Hall–Kier alpha value is -2.04. The Balaban J connectivity index is 1.58. The Bertz CT molecular complexity index is 643. The quantitative estimate of drug-likeness (QED) is 0.840. The summed E-state index contributed by atoms with van der Waals surface area (Å²) in [5, 5.41) is 5.80. The molecule has 1 aliphatic carbocycles. The topological polar surface area (TPSA) is 67.4 Å². The molecule has 0 aromatic heterocycles. The molecular formula is C19H26N2O3. The van der Waals surface area contributed by atoms with Gasteiger partial charge in [-0.2, -0.15) is 0 Å². The lowest BCUT2D eigenvalue weighted by molar-refractivity contribution is -0.116. The predicted molar refractivity (Wildman–Crippen MR) is 93.3 cm³/mol. The fraction of sp³-hybridized carbons (Fsp3) is 0.579. The number of benzene rings is 1. The maximum Gasteiger partial charge on any atom is 0.251 e.